The van der Waals surface area contributed by atoms with Gasteiger partial charge in [0.05, 0.1) is 0 Å². The normalized spacial score (nSPS) is 10.0. The summed E-state index contributed by atoms with van der Waals surface area (Å²) < 4.78 is 0. The molecule has 0 amide bonds. The third-order valence-electron chi connectivity index (χ3n) is 2.58. The lowest BCUT2D eigenvalue weighted by Crippen LogP contribution is -2.01. The highest BCUT2D eigenvalue weighted by Gasteiger charge is 2.02. The highest BCUT2D eigenvalue weighted by Crippen LogP contribution is 2.22. The van der Waals surface area contributed by atoms with E-state index in [4.69, 9.17) is 0 Å². The lowest BCUT2D eigenvalue weighted by molar-refractivity contribution is 0.475. The van der Waals surface area contributed by atoms with Crippen LogP contribution in [0.25, 0.3) is 5.57 Å². The molecule has 0 bridgehead atoms. The van der Waals surface area contributed by atoms with E-state index in [2.05, 4.69) is 26.6 Å². The van der Waals surface area contributed by atoms with Gasteiger partial charge in [-0.1, -0.05) is 48.4 Å². The van der Waals surface area contributed by atoms with Gasteiger partial charge in [0, 0.05) is 0 Å². The summed E-state index contributed by atoms with van der Waals surface area (Å²) in [6.07, 6.45) is 0. The fraction of sp³-hybridized carbons (Fsp3) is 0. The molecule has 2 aromatic carbocycles. The van der Waals surface area contributed by atoms with E-state index in [-0.39, 0.29) is 5.75 Å². The maximum absolute atomic E-state index is 9.22. The number of phenolic OH excluding ortho intramolecular Hbond substituents is 1. The Labute approximate surface area is 96.5 Å². The monoisotopic (exact) mass is 208 g/mol. The van der Waals surface area contributed by atoms with Crippen LogP contribution in [-0.4, -0.2) is 13.0 Å². The smallest absolute Gasteiger partial charge is 0.139 e. The first kappa shape index (κ1) is 10.6. The zero-order valence-electron chi connectivity index (χ0n) is 9.27. The average molecular weight is 208 g/mol. The van der Waals surface area contributed by atoms with Gasteiger partial charge in [-0.25, -0.2) is 0 Å². The van der Waals surface area contributed by atoms with Crippen LogP contribution in [0.2, 0.25) is 0 Å². The van der Waals surface area contributed by atoms with E-state index >= 15 is 0 Å². The van der Waals surface area contributed by atoms with Crippen LogP contribution in [0, 0.1) is 0 Å². The minimum Gasteiger partial charge on any atom is -0.508 e. The molecule has 1 N–H and O–H groups in total. The highest BCUT2D eigenvalue weighted by atomic mass is 16.3. The molecule has 0 atom stereocenters. The van der Waals surface area contributed by atoms with Crippen LogP contribution in [0.15, 0.2) is 55.1 Å². The van der Waals surface area contributed by atoms with Gasteiger partial charge < -0.3 is 5.11 Å². The van der Waals surface area contributed by atoms with Gasteiger partial charge >= 0.3 is 0 Å². The minimum atomic E-state index is 0.279. The number of hydrogen-bond acceptors (Lipinski definition) is 1. The lowest BCUT2D eigenvalue weighted by atomic mass is 9.91. The molecule has 0 unspecified atom stereocenters. The van der Waals surface area contributed by atoms with E-state index in [1.807, 2.05) is 24.3 Å². The fourth-order valence-corrected chi connectivity index (χ4v) is 1.66. The summed E-state index contributed by atoms with van der Waals surface area (Å²) in [4.78, 5) is 0. The first-order valence-corrected chi connectivity index (χ1v) is 5.22. The topological polar surface area (TPSA) is 20.2 Å². The number of phenols is 1. The van der Waals surface area contributed by atoms with Crippen molar-refractivity contribution in [1.29, 1.82) is 0 Å². The molecule has 2 aromatic rings. The van der Waals surface area contributed by atoms with Crippen molar-refractivity contribution in [1.82, 2.24) is 0 Å². The van der Waals surface area contributed by atoms with Crippen molar-refractivity contribution < 1.29 is 5.11 Å². The minimum absolute atomic E-state index is 0.279. The van der Waals surface area contributed by atoms with Gasteiger partial charge in [-0.05, 0) is 28.8 Å². The molecule has 16 heavy (non-hydrogen) atoms. The molecular weight excluding hydrogens is 195 g/mol. The van der Waals surface area contributed by atoms with Crippen molar-refractivity contribution in [2.75, 3.05) is 0 Å². The van der Waals surface area contributed by atoms with E-state index in [1.165, 1.54) is 5.46 Å². The van der Waals surface area contributed by atoms with Gasteiger partial charge in [-0.15, -0.1) is 0 Å². The molecule has 0 aliphatic rings. The van der Waals surface area contributed by atoms with Crippen LogP contribution >= 0.6 is 0 Å². The Kier molecular flexibility index (Phi) is 2.82. The Balaban J connectivity index is 2.35. The second-order valence-corrected chi connectivity index (χ2v) is 3.89. The second-order valence-electron chi connectivity index (χ2n) is 3.89. The van der Waals surface area contributed by atoms with Crippen molar-refractivity contribution in [2.24, 2.45) is 0 Å². The van der Waals surface area contributed by atoms with Gasteiger partial charge in [0.1, 0.15) is 13.6 Å². The van der Waals surface area contributed by atoms with Crippen molar-refractivity contribution >= 4 is 18.9 Å². The number of rotatable bonds is 2. The second kappa shape index (κ2) is 4.27. The molecule has 0 fully saturated rings. The Morgan fingerprint density at radius 3 is 2.31 bits per heavy atom. The Morgan fingerprint density at radius 2 is 1.69 bits per heavy atom. The third kappa shape index (κ3) is 2.17. The van der Waals surface area contributed by atoms with Crippen LogP contribution < -0.4 is 5.46 Å². The van der Waals surface area contributed by atoms with Crippen molar-refractivity contribution in [2.45, 2.75) is 0 Å². The molecular formula is C14H13BO. The molecule has 78 valence electrons. The van der Waals surface area contributed by atoms with Crippen LogP contribution in [0.1, 0.15) is 11.1 Å². The van der Waals surface area contributed by atoms with Gasteiger partial charge in [-0.2, -0.15) is 0 Å². The molecule has 2 rings (SSSR count). The molecule has 0 saturated carbocycles. The molecule has 0 radical (unpaired) electrons. The van der Waals surface area contributed by atoms with E-state index < -0.39 is 0 Å². The van der Waals surface area contributed by atoms with Gasteiger partial charge in [-0.3, -0.25) is 0 Å². The van der Waals surface area contributed by atoms with Crippen molar-refractivity contribution in [3.63, 3.8) is 0 Å². The SMILES string of the molecule is Bc1cccc(C(=C)c2ccc(O)cc2)c1. The molecule has 0 aromatic heterocycles. The number of benzene rings is 2. The Hall–Kier alpha value is -1.96. The summed E-state index contributed by atoms with van der Waals surface area (Å²) in [7, 11) is 2.06. The number of hydrogen-bond donors (Lipinski definition) is 1. The maximum atomic E-state index is 9.22. The quantitative estimate of drug-likeness (QED) is 0.745. The largest absolute Gasteiger partial charge is 0.508 e. The van der Waals surface area contributed by atoms with Crippen molar-refractivity contribution in [3.8, 4) is 5.75 Å². The number of aromatic hydroxyl groups is 1. The Morgan fingerprint density at radius 1 is 1.00 bits per heavy atom. The standard InChI is InChI=1S/C14H13BO/c1-10(11-5-7-14(16)8-6-11)12-3-2-4-13(15)9-12/h2-9,16H,1,15H2. The van der Waals surface area contributed by atoms with Crippen LogP contribution in [0.5, 0.6) is 5.75 Å². The first-order chi connectivity index (χ1) is 7.66. The third-order valence-corrected chi connectivity index (χ3v) is 2.58. The van der Waals surface area contributed by atoms with Crippen molar-refractivity contribution in [3.05, 3.63) is 66.2 Å². The van der Waals surface area contributed by atoms with Crippen LogP contribution in [-0.2, 0) is 0 Å². The summed E-state index contributed by atoms with van der Waals surface area (Å²) in [5.74, 6) is 0.279. The van der Waals surface area contributed by atoms with Gasteiger partial charge in [0.2, 0.25) is 0 Å². The van der Waals surface area contributed by atoms with E-state index in [0.717, 1.165) is 16.7 Å². The molecule has 0 aliphatic carbocycles. The molecule has 0 aliphatic heterocycles. The molecule has 2 heteroatoms. The van der Waals surface area contributed by atoms with Crippen LogP contribution in [0.4, 0.5) is 0 Å². The van der Waals surface area contributed by atoms with Gasteiger partial charge in [0.25, 0.3) is 0 Å². The first-order valence-electron chi connectivity index (χ1n) is 5.22. The average Bonchev–Trinajstić information content (AvgIpc) is 2.29. The highest BCUT2D eigenvalue weighted by molar-refractivity contribution is 6.32. The summed E-state index contributed by atoms with van der Waals surface area (Å²) in [5.41, 5.74) is 4.34. The fourth-order valence-electron chi connectivity index (χ4n) is 1.66. The predicted octanol–water partition coefficient (Wildman–Crippen LogP) is 1.71. The molecule has 0 spiro atoms. The Bertz CT molecular complexity index is 515. The summed E-state index contributed by atoms with van der Waals surface area (Å²) >= 11 is 0. The lowest BCUT2D eigenvalue weighted by Gasteiger charge is -2.07. The molecule has 0 heterocycles. The van der Waals surface area contributed by atoms with E-state index in [0.29, 0.717) is 0 Å². The van der Waals surface area contributed by atoms with Gasteiger partial charge in [0.15, 0.2) is 0 Å². The molecule has 1 nitrogen and oxygen atoms in total. The summed E-state index contributed by atoms with van der Waals surface area (Å²) in [6, 6.07) is 15.3. The molecule has 0 saturated heterocycles. The zero-order valence-corrected chi connectivity index (χ0v) is 9.27. The van der Waals surface area contributed by atoms with Crippen LogP contribution in [0.3, 0.4) is 0 Å². The zero-order chi connectivity index (χ0) is 11.5. The maximum Gasteiger partial charge on any atom is 0.139 e. The summed E-state index contributed by atoms with van der Waals surface area (Å²) in [5, 5.41) is 9.22. The predicted molar refractivity (Wildman–Crippen MR) is 70.9 cm³/mol. The summed E-state index contributed by atoms with van der Waals surface area (Å²) in [6.45, 7) is 4.08. The van der Waals surface area contributed by atoms with E-state index in [1.54, 1.807) is 12.1 Å². The van der Waals surface area contributed by atoms with E-state index in [9.17, 15) is 5.11 Å².